The standard InChI is InChI=1S/C23H25ClN2O3/c1-15-5-7-17(8-6-15)21(27)19-20(16-9-11-18(24)12-10-16)26(23(29)22(19)28)14-4-13-25(2)3/h5-12,20,27H,4,13-14H2,1-3H3/b21-19-. The Bertz CT molecular complexity index is 934. The first-order valence-electron chi connectivity index (χ1n) is 9.55. The van der Waals surface area contributed by atoms with Gasteiger partial charge in [-0.3, -0.25) is 9.59 Å². The van der Waals surface area contributed by atoms with Gasteiger partial charge in [0, 0.05) is 17.1 Å². The number of carbonyl (C=O) groups is 2. The fourth-order valence-corrected chi connectivity index (χ4v) is 3.65. The Morgan fingerprint density at radius 1 is 1.07 bits per heavy atom. The van der Waals surface area contributed by atoms with Gasteiger partial charge >= 0.3 is 0 Å². The molecule has 1 aliphatic rings. The van der Waals surface area contributed by atoms with Crippen LogP contribution in [0.4, 0.5) is 0 Å². The number of hydrogen-bond donors (Lipinski definition) is 1. The van der Waals surface area contributed by atoms with Crippen molar-refractivity contribution >= 4 is 29.1 Å². The molecular weight excluding hydrogens is 388 g/mol. The third-order valence-corrected chi connectivity index (χ3v) is 5.31. The van der Waals surface area contributed by atoms with E-state index < -0.39 is 17.7 Å². The van der Waals surface area contributed by atoms with Gasteiger partial charge in [-0.2, -0.15) is 0 Å². The molecule has 1 heterocycles. The van der Waals surface area contributed by atoms with E-state index in [9.17, 15) is 14.7 Å². The normalized spacial score (nSPS) is 18.7. The molecule has 6 heteroatoms. The highest BCUT2D eigenvalue weighted by Crippen LogP contribution is 2.39. The fourth-order valence-electron chi connectivity index (χ4n) is 3.53. The number of benzene rings is 2. The minimum atomic E-state index is -0.659. The number of Topliss-reactive ketones (excluding diaryl/α,β-unsaturated/α-hetero) is 1. The maximum absolute atomic E-state index is 12.9. The lowest BCUT2D eigenvalue weighted by Crippen LogP contribution is -2.32. The highest BCUT2D eigenvalue weighted by molar-refractivity contribution is 6.46. The zero-order valence-corrected chi connectivity index (χ0v) is 17.6. The second kappa shape index (κ2) is 8.80. The minimum Gasteiger partial charge on any atom is -0.507 e. The van der Waals surface area contributed by atoms with E-state index in [1.807, 2.05) is 38.1 Å². The van der Waals surface area contributed by atoms with Crippen molar-refractivity contribution < 1.29 is 14.7 Å². The molecule has 1 atom stereocenters. The van der Waals surface area contributed by atoms with Crippen LogP contribution >= 0.6 is 11.6 Å². The van der Waals surface area contributed by atoms with Gasteiger partial charge in [-0.15, -0.1) is 0 Å². The second-order valence-corrected chi connectivity index (χ2v) is 8.00. The average molecular weight is 413 g/mol. The van der Waals surface area contributed by atoms with Crippen molar-refractivity contribution in [2.75, 3.05) is 27.2 Å². The van der Waals surface area contributed by atoms with E-state index >= 15 is 0 Å². The monoisotopic (exact) mass is 412 g/mol. The van der Waals surface area contributed by atoms with Gasteiger partial charge in [0.2, 0.25) is 0 Å². The Morgan fingerprint density at radius 2 is 1.69 bits per heavy atom. The molecule has 1 N–H and O–H groups in total. The molecule has 0 aliphatic carbocycles. The lowest BCUT2D eigenvalue weighted by atomic mass is 9.95. The summed E-state index contributed by atoms with van der Waals surface area (Å²) in [4.78, 5) is 29.3. The molecule has 1 fully saturated rings. The van der Waals surface area contributed by atoms with E-state index in [4.69, 9.17) is 11.6 Å². The summed E-state index contributed by atoms with van der Waals surface area (Å²) in [6, 6.07) is 13.6. The minimum absolute atomic E-state index is 0.117. The topological polar surface area (TPSA) is 60.9 Å². The van der Waals surface area contributed by atoms with Crippen molar-refractivity contribution in [3.05, 3.63) is 75.8 Å². The largest absolute Gasteiger partial charge is 0.507 e. The number of likely N-dealkylation sites (tertiary alicyclic amines) is 1. The third kappa shape index (κ3) is 4.52. The Hall–Kier alpha value is -2.63. The highest BCUT2D eigenvalue weighted by atomic mass is 35.5. The van der Waals surface area contributed by atoms with Crippen molar-refractivity contribution in [3.63, 3.8) is 0 Å². The predicted molar refractivity (Wildman–Crippen MR) is 115 cm³/mol. The first-order chi connectivity index (χ1) is 13.8. The maximum Gasteiger partial charge on any atom is 0.295 e. The van der Waals surface area contributed by atoms with Gasteiger partial charge in [0.15, 0.2) is 0 Å². The molecule has 2 aromatic rings. The smallest absolute Gasteiger partial charge is 0.295 e. The first kappa shape index (κ1) is 21.1. The van der Waals surface area contributed by atoms with Crippen LogP contribution < -0.4 is 0 Å². The van der Waals surface area contributed by atoms with Crippen LogP contribution in [-0.4, -0.2) is 53.8 Å². The van der Waals surface area contributed by atoms with Gasteiger partial charge in [0.1, 0.15) is 5.76 Å². The van der Waals surface area contributed by atoms with Gasteiger partial charge in [-0.05, 0) is 51.7 Å². The number of nitrogens with zero attached hydrogens (tertiary/aromatic N) is 2. The predicted octanol–water partition coefficient (Wildman–Crippen LogP) is 4.02. The van der Waals surface area contributed by atoms with E-state index in [-0.39, 0.29) is 11.3 Å². The second-order valence-electron chi connectivity index (χ2n) is 7.57. The van der Waals surface area contributed by atoms with Crippen LogP contribution in [0.15, 0.2) is 54.1 Å². The highest BCUT2D eigenvalue weighted by Gasteiger charge is 2.45. The average Bonchev–Trinajstić information content (AvgIpc) is 2.93. The van der Waals surface area contributed by atoms with Crippen molar-refractivity contribution in [3.8, 4) is 0 Å². The molecule has 1 saturated heterocycles. The van der Waals surface area contributed by atoms with E-state index in [0.717, 1.165) is 17.7 Å². The number of halogens is 1. The lowest BCUT2D eigenvalue weighted by Gasteiger charge is -2.26. The van der Waals surface area contributed by atoms with Crippen LogP contribution in [0, 0.1) is 6.92 Å². The molecule has 0 aromatic heterocycles. The Balaban J connectivity index is 2.07. The summed E-state index contributed by atoms with van der Waals surface area (Å²) in [5, 5.41) is 11.5. The molecule has 29 heavy (non-hydrogen) atoms. The van der Waals surface area contributed by atoms with E-state index in [0.29, 0.717) is 23.6 Å². The van der Waals surface area contributed by atoms with Crippen molar-refractivity contribution in [1.82, 2.24) is 9.80 Å². The van der Waals surface area contributed by atoms with Crippen LogP contribution in [0.2, 0.25) is 5.02 Å². The van der Waals surface area contributed by atoms with Crippen LogP contribution in [-0.2, 0) is 9.59 Å². The zero-order chi connectivity index (χ0) is 21.1. The number of amides is 1. The summed E-state index contributed by atoms with van der Waals surface area (Å²) in [7, 11) is 3.92. The van der Waals surface area contributed by atoms with Crippen molar-refractivity contribution in [2.24, 2.45) is 0 Å². The molecule has 3 rings (SSSR count). The number of aliphatic hydroxyl groups excluding tert-OH is 1. The number of carbonyl (C=O) groups excluding carboxylic acids is 2. The Morgan fingerprint density at radius 3 is 2.28 bits per heavy atom. The SMILES string of the molecule is Cc1ccc(/C(O)=C2/C(=O)C(=O)N(CCCN(C)C)C2c2ccc(Cl)cc2)cc1. The molecule has 5 nitrogen and oxygen atoms in total. The van der Waals surface area contributed by atoms with Gasteiger partial charge in [0.05, 0.1) is 11.6 Å². The molecule has 0 saturated carbocycles. The summed E-state index contributed by atoms with van der Waals surface area (Å²) in [5.74, 6) is -1.40. The van der Waals surface area contributed by atoms with Crippen LogP contribution in [0.5, 0.6) is 0 Å². The quantitative estimate of drug-likeness (QED) is 0.442. The molecule has 1 unspecified atom stereocenters. The van der Waals surface area contributed by atoms with Crippen LogP contribution in [0.1, 0.15) is 29.2 Å². The van der Waals surface area contributed by atoms with E-state index in [2.05, 4.69) is 0 Å². The third-order valence-electron chi connectivity index (χ3n) is 5.06. The summed E-state index contributed by atoms with van der Waals surface area (Å²) >= 11 is 6.03. The number of ketones is 1. The number of aliphatic hydroxyl groups is 1. The van der Waals surface area contributed by atoms with Gasteiger partial charge in [-0.1, -0.05) is 53.6 Å². The van der Waals surface area contributed by atoms with Gasteiger partial charge in [0.25, 0.3) is 11.7 Å². The Labute approximate surface area is 176 Å². The number of aryl methyl sites for hydroxylation is 1. The molecular formula is C23H25ClN2O3. The van der Waals surface area contributed by atoms with Crippen molar-refractivity contribution in [1.29, 1.82) is 0 Å². The van der Waals surface area contributed by atoms with E-state index in [1.54, 1.807) is 41.3 Å². The van der Waals surface area contributed by atoms with Crippen LogP contribution in [0.3, 0.4) is 0 Å². The van der Waals surface area contributed by atoms with E-state index in [1.165, 1.54) is 0 Å². The van der Waals surface area contributed by atoms with Gasteiger partial charge < -0.3 is 14.9 Å². The molecule has 0 spiro atoms. The number of hydrogen-bond acceptors (Lipinski definition) is 4. The van der Waals surface area contributed by atoms with Crippen molar-refractivity contribution in [2.45, 2.75) is 19.4 Å². The molecule has 152 valence electrons. The summed E-state index contributed by atoms with van der Waals surface area (Å²) < 4.78 is 0. The summed E-state index contributed by atoms with van der Waals surface area (Å²) in [6.45, 7) is 3.15. The molecule has 2 aromatic carbocycles. The molecule has 0 bridgehead atoms. The summed E-state index contributed by atoms with van der Waals surface area (Å²) in [5.41, 5.74) is 2.42. The molecule has 1 amide bonds. The number of rotatable bonds is 6. The summed E-state index contributed by atoms with van der Waals surface area (Å²) in [6.07, 6.45) is 0.717. The maximum atomic E-state index is 12.9. The van der Waals surface area contributed by atoms with Crippen LogP contribution in [0.25, 0.3) is 5.76 Å². The zero-order valence-electron chi connectivity index (χ0n) is 16.9. The molecule has 0 radical (unpaired) electrons. The fraction of sp³-hybridized carbons (Fsp3) is 0.304. The first-order valence-corrected chi connectivity index (χ1v) is 9.93. The molecule has 1 aliphatic heterocycles. The van der Waals surface area contributed by atoms with Gasteiger partial charge in [-0.25, -0.2) is 0 Å². The Kier molecular flexibility index (Phi) is 6.40. The lowest BCUT2D eigenvalue weighted by molar-refractivity contribution is -0.139.